The summed E-state index contributed by atoms with van der Waals surface area (Å²) in [5.74, 6) is 0.238. The Morgan fingerprint density at radius 3 is 3.12 bits per heavy atom. The second-order valence-electron chi connectivity index (χ2n) is 6.15. The van der Waals surface area contributed by atoms with Crippen LogP contribution in [0.5, 0.6) is 0 Å². The van der Waals surface area contributed by atoms with Gasteiger partial charge in [-0.25, -0.2) is 4.98 Å². The smallest absolute Gasteiger partial charge is 0.290 e. The molecule has 1 fully saturated rings. The van der Waals surface area contributed by atoms with Crippen LogP contribution in [-0.2, 0) is 0 Å². The van der Waals surface area contributed by atoms with Gasteiger partial charge >= 0.3 is 0 Å². The van der Waals surface area contributed by atoms with Crippen molar-refractivity contribution in [2.24, 2.45) is 0 Å². The second-order valence-corrected chi connectivity index (χ2v) is 6.15. The summed E-state index contributed by atoms with van der Waals surface area (Å²) >= 11 is 0. The molecule has 1 amide bonds. The molecular formula is C18H18N4O3. The molecule has 128 valence electrons. The molecule has 0 bridgehead atoms. The number of rotatable bonds is 3. The van der Waals surface area contributed by atoms with Crippen LogP contribution in [0, 0.1) is 0 Å². The highest BCUT2D eigenvalue weighted by molar-refractivity contribution is 6.06. The zero-order valence-electron chi connectivity index (χ0n) is 13.6. The summed E-state index contributed by atoms with van der Waals surface area (Å²) in [4.78, 5) is 33.3. The van der Waals surface area contributed by atoms with Gasteiger partial charge in [-0.3, -0.25) is 9.59 Å². The van der Waals surface area contributed by atoms with E-state index in [0.29, 0.717) is 23.5 Å². The van der Waals surface area contributed by atoms with Gasteiger partial charge in [0, 0.05) is 36.9 Å². The number of benzene rings is 1. The van der Waals surface area contributed by atoms with Crippen molar-refractivity contribution in [2.75, 3.05) is 18.0 Å². The van der Waals surface area contributed by atoms with Gasteiger partial charge in [-0.2, -0.15) is 0 Å². The monoisotopic (exact) mass is 338 g/mol. The van der Waals surface area contributed by atoms with Crippen molar-refractivity contribution in [1.82, 2.24) is 15.3 Å². The summed E-state index contributed by atoms with van der Waals surface area (Å²) in [6.45, 7) is 1.31. The van der Waals surface area contributed by atoms with Crippen LogP contribution in [-0.4, -0.2) is 35.0 Å². The maximum atomic E-state index is 12.6. The lowest BCUT2D eigenvalue weighted by molar-refractivity contribution is 0.0934. The van der Waals surface area contributed by atoms with Gasteiger partial charge < -0.3 is 19.6 Å². The fourth-order valence-electron chi connectivity index (χ4n) is 3.27. The lowest BCUT2D eigenvalue weighted by Crippen LogP contribution is -2.49. The Labute approximate surface area is 143 Å². The third kappa shape index (κ3) is 3.00. The molecule has 7 heteroatoms. The van der Waals surface area contributed by atoms with Crippen LogP contribution in [0.4, 0.5) is 5.82 Å². The van der Waals surface area contributed by atoms with Crippen molar-refractivity contribution in [2.45, 2.75) is 18.9 Å². The number of carbonyl (C=O) groups is 1. The maximum absolute atomic E-state index is 12.6. The molecule has 1 atom stereocenters. The number of piperidine rings is 1. The Hall–Kier alpha value is -3.09. The van der Waals surface area contributed by atoms with Gasteiger partial charge in [0.1, 0.15) is 11.8 Å². The number of H-pyrrole nitrogens is 1. The van der Waals surface area contributed by atoms with Gasteiger partial charge in [0.15, 0.2) is 5.82 Å². The van der Waals surface area contributed by atoms with Crippen LogP contribution in [0.3, 0.4) is 0 Å². The van der Waals surface area contributed by atoms with Gasteiger partial charge in [0.25, 0.3) is 11.5 Å². The first-order chi connectivity index (χ1) is 12.2. The molecule has 0 aliphatic carbocycles. The summed E-state index contributed by atoms with van der Waals surface area (Å²) in [5, 5.41) is 3.85. The zero-order chi connectivity index (χ0) is 17.2. The van der Waals surface area contributed by atoms with Crippen LogP contribution in [0.25, 0.3) is 11.0 Å². The maximum Gasteiger partial charge on any atom is 0.290 e. The molecule has 25 heavy (non-hydrogen) atoms. The Morgan fingerprint density at radius 2 is 2.24 bits per heavy atom. The van der Waals surface area contributed by atoms with E-state index in [1.807, 2.05) is 29.2 Å². The number of hydrogen-bond donors (Lipinski definition) is 2. The predicted octanol–water partition coefficient (Wildman–Crippen LogP) is 1.91. The summed E-state index contributed by atoms with van der Waals surface area (Å²) in [7, 11) is 0. The summed E-state index contributed by atoms with van der Waals surface area (Å²) < 4.78 is 5.44. The Balaban J connectivity index is 1.50. The fraction of sp³-hybridized carbons (Fsp3) is 0.278. The SMILES string of the molecule is O=C(N[C@@H]1CCCN(c2ncc[nH]c2=O)C1)c1coc2ccccc12. The molecule has 0 unspecified atom stereocenters. The zero-order valence-corrected chi connectivity index (χ0v) is 13.6. The number of aromatic amines is 1. The summed E-state index contributed by atoms with van der Waals surface area (Å²) in [6, 6.07) is 7.41. The number of nitrogens with zero attached hydrogens (tertiary/aromatic N) is 2. The van der Waals surface area contributed by atoms with Crippen molar-refractivity contribution in [3.63, 3.8) is 0 Å². The van der Waals surface area contributed by atoms with Crippen molar-refractivity contribution >= 4 is 22.7 Å². The largest absolute Gasteiger partial charge is 0.463 e. The van der Waals surface area contributed by atoms with E-state index in [4.69, 9.17) is 4.42 Å². The average Bonchev–Trinajstić information content (AvgIpc) is 3.06. The Bertz CT molecular complexity index is 962. The number of aromatic nitrogens is 2. The molecule has 7 nitrogen and oxygen atoms in total. The van der Waals surface area contributed by atoms with E-state index in [-0.39, 0.29) is 17.5 Å². The minimum atomic E-state index is -0.213. The molecule has 1 aliphatic heterocycles. The molecule has 3 aromatic rings. The highest BCUT2D eigenvalue weighted by atomic mass is 16.3. The van der Waals surface area contributed by atoms with E-state index in [1.165, 1.54) is 12.5 Å². The first-order valence-electron chi connectivity index (χ1n) is 8.28. The molecular weight excluding hydrogens is 320 g/mol. The number of carbonyl (C=O) groups excluding carboxylic acids is 1. The molecule has 1 aliphatic rings. The highest BCUT2D eigenvalue weighted by Crippen LogP contribution is 2.21. The van der Waals surface area contributed by atoms with Gasteiger partial charge in [-0.05, 0) is 18.9 Å². The van der Waals surface area contributed by atoms with E-state index in [9.17, 15) is 9.59 Å². The lowest BCUT2D eigenvalue weighted by Gasteiger charge is -2.33. The third-order valence-electron chi connectivity index (χ3n) is 4.47. The average molecular weight is 338 g/mol. The highest BCUT2D eigenvalue weighted by Gasteiger charge is 2.25. The van der Waals surface area contributed by atoms with Gasteiger partial charge in [0.2, 0.25) is 0 Å². The number of hydrogen-bond acceptors (Lipinski definition) is 5. The quantitative estimate of drug-likeness (QED) is 0.761. The van der Waals surface area contributed by atoms with Gasteiger partial charge in [-0.1, -0.05) is 18.2 Å². The molecule has 0 radical (unpaired) electrons. The normalized spacial score (nSPS) is 17.6. The first kappa shape index (κ1) is 15.4. The Morgan fingerprint density at radius 1 is 1.36 bits per heavy atom. The number of para-hydroxylation sites is 1. The number of anilines is 1. The molecule has 0 spiro atoms. The van der Waals surface area contributed by atoms with Crippen LogP contribution < -0.4 is 15.8 Å². The van der Waals surface area contributed by atoms with E-state index in [1.54, 1.807) is 6.20 Å². The Kier molecular flexibility index (Phi) is 3.97. The van der Waals surface area contributed by atoms with E-state index < -0.39 is 0 Å². The third-order valence-corrected chi connectivity index (χ3v) is 4.47. The first-order valence-corrected chi connectivity index (χ1v) is 8.28. The van der Waals surface area contributed by atoms with Crippen LogP contribution >= 0.6 is 0 Å². The van der Waals surface area contributed by atoms with Crippen LogP contribution in [0.2, 0.25) is 0 Å². The topological polar surface area (TPSA) is 91.2 Å². The van der Waals surface area contributed by atoms with Crippen molar-refractivity contribution in [3.8, 4) is 0 Å². The number of amides is 1. The van der Waals surface area contributed by atoms with E-state index in [0.717, 1.165) is 24.8 Å². The second kappa shape index (κ2) is 6.43. The molecule has 4 rings (SSSR count). The molecule has 2 N–H and O–H groups in total. The van der Waals surface area contributed by atoms with Crippen LogP contribution in [0.1, 0.15) is 23.2 Å². The molecule has 0 saturated carbocycles. The predicted molar refractivity (Wildman–Crippen MR) is 93.8 cm³/mol. The molecule has 3 heterocycles. The van der Waals surface area contributed by atoms with Gasteiger partial charge in [0.05, 0.1) is 5.56 Å². The standard InChI is InChI=1S/C18H18N4O3/c23-17(14-11-25-15-6-2-1-5-13(14)15)21-12-4-3-9-22(10-12)16-18(24)20-8-7-19-16/h1-2,5-8,11-12H,3-4,9-10H2,(H,20,24)(H,21,23)/t12-/m1/s1. The molecule has 2 aromatic heterocycles. The number of furan rings is 1. The lowest BCUT2D eigenvalue weighted by atomic mass is 10.0. The van der Waals surface area contributed by atoms with Crippen molar-refractivity contribution in [3.05, 3.63) is 58.8 Å². The van der Waals surface area contributed by atoms with Crippen molar-refractivity contribution < 1.29 is 9.21 Å². The minimum Gasteiger partial charge on any atom is -0.463 e. The molecule has 1 saturated heterocycles. The fourth-order valence-corrected chi connectivity index (χ4v) is 3.27. The summed E-state index contributed by atoms with van der Waals surface area (Å²) in [6.07, 6.45) is 6.31. The minimum absolute atomic E-state index is 0.0451. The van der Waals surface area contributed by atoms with Gasteiger partial charge in [-0.15, -0.1) is 0 Å². The molecule has 1 aromatic carbocycles. The van der Waals surface area contributed by atoms with E-state index >= 15 is 0 Å². The number of fused-ring (bicyclic) bond motifs is 1. The van der Waals surface area contributed by atoms with Crippen molar-refractivity contribution in [1.29, 1.82) is 0 Å². The van der Waals surface area contributed by atoms with Crippen LogP contribution in [0.15, 0.2) is 52.1 Å². The summed E-state index contributed by atoms with van der Waals surface area (Å²) in [5.41, 5.74) is 1.01. The number of nitrogens with one attached hydrogen (secondary N) is 2. The van der Waals surface area contributed by atoms with E-state index in [2.05, 4.69) is 15.3 Å².